The maximum absolute atomic E-state index is 12.9. The lowest BCUT2D eigenvalue weighted by Crippen LogP contribution is -2.57. The predicted octanol–water partition coefficient (Wildman–Crippen LogP) is 4.34. The van der Waals surface area contributed by atoms with Crippen molar-refractivity contribution in [1.29, 1.82) is 0 Å². The van der Waals surface area contributed by atoms with Gasteiger partial charge in [-0.3, -0.25) is 4.90 Å². The van der Waals surface area contributed by atoms with Gasteiger partial charge in [-0.25, -0.2) is 8.78 Å². The molecule has 1 nitrogen and oxygen atoms in total. The van der Waals surface area contributed by atoms with Crippen LogP contribution in [0.25, 0.3) is 0 Å². The molecule has 0 saturated heterocycles. The molecule has 13 heteroatoms. The number of rotatable bonds is 6. The second kappa shape index (κ2) is 5.96. The molecular formula is C9H9F12N. The Labute approximate surface area is 115 Å². The molecule has 0 heterocycles. The fourth-order valence-corrected chi connectivity index (χ4v) is 1.45. The van der Waals surface area contributed by atoms with Gasteiger partial charge < -0.3 is 0 Å². The Balaban J connectivity index is 4.95. The molecule has 0 rings (SSSR count). The normalized spacial score (nSPS) is 15.5. The van der Waals surface area contributed by atoms with Crippen molar-refractivity contribution < 1.29 is 52.7 Å². The maximum atomic E-state index is 12.9. The van der Waals surface area contributed by atoms with Crippen LogP contribution >= 0.6 is 0 Å². The number of hydrogen-bond donors (Lipinski definition) is 0. The summed E-state index contributed by atoms with van der Waals surface area (Å²) in [6.45, 7) is -4.58. The van der Waals surface area contributed by atoms with Gasteiger partial charge >= 0.3 is 24.2 Å². The summed E-state index contributed by atoms with van der Waals surface area (Å²) >= 11 is 0. The minimum Gasteiger partial charge on any atom is -0.294 e. The predicted molar refractivity (Wildman–Crippen MR) is 49.1 cm³/mol. The first-order chi connectivity index (χ1) is 9.31. The van der Waals surface area contributed by atoms with Crippen LogP contribution in [0.5, 0.6) is 0 Å². The smallest absolute Gasteiger partial charge is 0.294 e. The quantitative estimate of drug-likeness (QED) is 0.638. The highest BCUT2D eigenvalue weighted by atomic mass is 19.4. The first-order valence-electron chi connectivity index (χ1n) is 5.26. The van der Waals surface area contributed by atoms with Crippen molar-refractivity contribution in [2.45, 2.75) is 36.5 Å². The lowest BCUT2D eigenvalue weighted by molar-refractivity contribution is -0.356. The molecule has 22 heavy (non-hydrogen) atoms. The number of nitrogens with zero attached hydrogens (tertiary/aromatic N) is 1. The summed E-state index contributed by atoms with van der Waals surface area (Å²) in [5.41, 5.74) is 0. The molecule has 0 aromatic heterocycles. The van der Waals surface area contributed by atoms with Crippen LogP contribution in [0, 0.1) is 0 Å². The van der Waals surface area contributed by atoms with Crippen LogP contribution in [-0.4, -0.2) is 55.2 Å². The van der Waals surface area contributed by atoms with Gasteiger partial charge in [0.2, 0.25) is 0 Å². The van der Waals surface area contributed by atoms with E-state index in [-0.39, 0.29) is 7.05 Å². The van der Waals surface area contributed by atoms with Gasteiger partial charge in [0.05, 0.1) is 13.1 Å². The van der Waals surface area contributed by atoms with Gasteiger partial charge in [0.1, 0.15) is 6.42 Å². The van der Waals surface area contributed by atoms with Crippen LogP contribution in [0.15, 0.2) is 0 Å². The second-order valence-corrected chi connectivity index (χ2v) is 4.60. The average molecular weight is 359 g/mol. The summed E-state index contributed by atoms with van der Waals surface area (Å²) in [6, 6.07) is 0. The maximum Gasteiger partial charge on any atom is 0.459 e. The topological polar surface area (TPSA) is 3.24 Å². The fourth-order valence-electron chi connectivity index (χ4n) is 1.45. The van der Waals surface area contributed by atoms with Gasteiger partial charge in [0, 0.05) is 0 Å². The van der Waals surface area contributed by atoms with E-state index in [1.165, 1.54) is 0 Å². The van der Waals surface area contributed by atoms with E-state index in [1.54, 1.807) is 0 Å². The largest absolute Gasteiger partial charge is 0.459 e. The monoisotopic (exact) mass is 359 g/mol. The van der Waals surface area contributed by atoms with E-state index in [9.17, 15) is 52.7 Å². The zero-order chi connectivity index (χ0) is 18.2. The molecule has 0 saturated carbocycles. The zero-order valence-electron chi connectivity index (χ0n) is 10.6. The summed E-state index contributed by atoms with van der Waals surface area (Å²) in [6.07, 6.45) is -14.7. The summed E-state index contributed by atoms with van der Waals surface area (Å²) in [4.78, 5) is -0.425. The molecular weight excluding hydrogens is 350 g/mol. The van der Waals surface area contributed by atoms with Crippen LogP contribution in [0.1, 0.15) is 6.42 Å². The Morgan fingerprint density at radius 3 is 1.41 bits per heavy atom. The summed E-state index contributed by atoms with van der Waals surface area (Å²) < 4.78 is 147. The molecule has 0 bridgehead atoms. The Morgan fingerprint density at radius 2 is 1.09 bits per heavy atom. The van der Waals surface area contributed by atoms with E-state index in [4.69, 9.17) is 0 Å². The SMILES string of the molecule is CN(CC(F)(F)CC(F)(F)F)CC(F)(F)C(F)(F)C(F)(F)F. The molecule has 134 valence electrons. The molecule has 0 atom stereocenters. The van der Waals surface area contributed by atoms with Crippen molar-refractivity contribution in [1.82, 2.24) is 4.90 Å². The van der Waals surface area contributed by atoms with Gasteiger partial charge in [0.15, 0.2) is 0 Å². The van der Waals surface area contributed by atoms with E-state index in [1.807, 2.05) is 0 Å². The lowest BCUT2D eigenvalue weighted by Gasteiger charge is -2.32. The molecule has 0 unspecified atom stereocenters. The van der Waals surface area contributed by atoms with Crippen molar-refractivity contribution in [2.24, 2.45) is 0 Å². The van der Waals surface area contributed by atoms with Crippen LogP contribution in [0.4, 0.5) is 52.7 Å². The van der Waals surface area contributed by atoms with E-state index in [0.717, 1.165) is 0 Å². The first-order valence-corrected chi connectivity index (χ1v) is 5.26. The van der Waals surface area contributed by atoms with Crippen molar-refractivity contribution in [3.8, 4) is 0 Å². The first kappa shape index (κ1) is 21.1. The number of alkyl halides is 12. The van der Waals surface area contributed by atoms with Gasteiger partial charge in [-0.2, -0.15) is 43.9 Å². The summed E-state index contributed by atoms with van der Waals surface area (Å²) in [5.74, 6) is -16.9. The highest BCUT2D eigenvalue weighted by Crippen LogP contribution is 2.46. The number of halogens is 12. The summed E-state index contributed by atoms with van der Waals surface area (Å²) in [7, 11) is 0.269. The van der Waals surface area contributed by atoms with E-state index in [0.29, 0.717) is 0 Å². The van der Waals surface area contributed by atoms with E-state index in [2.05, 4.69) is 0 Å². The van der Waals surface area contributed by atoms with Gasteiger partial charge in [-0.15, -0.1) is 0 Å². The Bertz CT molecular complexity index is 368. The van der Waals surface area contributed by atoms with Crippen LogP contribution < -0.4 is 0 Å². The van der Waals surface area contributed by atoms with Crippen molar-refractivity contribution >= 4 is 0 Å². The number of hydrogen-bond acceptors (Lipinski definition) is 1. The average Bonchev–Trinajstić information content (AvgIpc) is 2.07. The Hall–Kier alpha value is -0.880. The van der Waals surface area contributed by atoms with Crippen molar-refractivity contribution in [3.05, 3.63) is 0 Å². The summed E-state index contributed by atoms with van der Waals surface area (Å²) in [5, 5.41) is 0. The third-order valence-electron chi connectivity index (χ3n) is 2.24. The minimum atomic E-state index is -6.65. The van der Waals surface area contributed by atoms with Crippen LogP contribution in [0.2, 0.25) is 0 Å². The minimum absolute atomic E-state index is 0.269. The van der Waals surface area contributed by atoms with Crippen molar-refractivity contribution in [3.63, 3.8) is 0 Å². The molecule has 0 amide bonds. The lowest BCUT2D eigenvalue weighted by atomic mass is 10.1. The second-order valence-electron chi connectivity index (χ2n) is 4.60. The molecule has 0 aliphatic rings. The molecule has 0 aromatic carbocycles. The molecule has 0 N–H and O–H groups in total. The van der Waals surface area contributed by atoms with Crippen LogP contribution in [0.3, 0.4) is 0 Å². The molecule has 0 fully saturated rings. The molecule has 0 spiro atoms. The van der Waals surface area contributed by atoms with Crippen molar-refractivity contribution in [2.75, 3.05) is 20.1 Å². The molecule has 0 aliphatic carbocycles. The highest BCUT2D eigenvalue weighted by Gasteiger charge is 2.73. The van der Waals surface area contributed by atoms with E-state index >= 15 is 0 Å². The Morgan fingerprint density at radius 1 is 0.682 bits per heavy atom. The molecule has 0 aromatic rings. The highest BCUT2D eigenvalue weighted by molar-refractivity contribution is 4.93. The van der Waals surface area contributed by atoms with Gasteiger partial charge in [0.25, 0.3) is 5.92 Å². The molecule has 0 radical (unpaired) electrons. The van der Waals surface area contributed by atoms with Gasteiger partial charge in [-0.1, -0.05) is 0 Å². The fraction of sp³-hybridized carbons (Fsp3) is 1.00. The zero-order valence-corrected chi connectivity index (χ0v) is 10.6. The van der Waals surface area contributed by atoms with E-state index < -0.39 is 54.5 Å². The van der Waals surface area contributed by atoms with Crippen LogP contribution in [-0.2, 0) is 0 Å². The Kier molecular flexibility index (Phi) is 5.72. The third-order valence-corrected chi connectivity index (χ3v) is 2.24. The molecule has 0 aliphatic heterocycles. The van der Waals surface area contributed by atoms with Gasteiger partial charge in [-0.05, 0) is 7.05 Å². The third kappa shape index (κ3) is 5.72. The standard InChI is InChI=1S/C9H9F12N/c1-22(3-5(10,11)2-7(14,15)16)4-6(12,13)8(17,18)9(19,20)21/h2-4H2,1H3.